The van der Waals surface area contributed by atoms with Crippen LogP contribution in [0.25, 0.3) is 0 Å². The molecule has 1 aromatic rings. The molecule has 1 unspecified atom stereocenters. The number of methoxy groups -OCH3 is 1. The van der Waals surface area contributed by atoms with Crippen LogP contribution < -0.4 is 10.5 Å². The highest BCUT2D eigenvalue weighted by Crippen LogP contribution is 2.33. The van der Waals surface area contributed by atoms with Gasteiger partial charge in [-0.3, -0.25) is 4.79 Å². The minimum absolute atomic E-state index is 0.198. The molecule has 0 bridgehead atoms. The number of hydrogen-bond donors (Lipinski definition) is 1. The third-order valence-electron chi connectivity index (χ3n) is 4.06. The lowest BCUT2D eigenvalue weighted by Crippen LogP contribution is -2.36. The average Bonchev–Trinajstić information content (AvgIpc) is 2.93. The highest BCUT2D eigenvalue weighted by molar-refractivity contribution is 5.77. The van der Waals surface area contributed by atoms with Gasteiger partial charge in [-0.15, -0.1) is 0 Å². The van der Waals surface area contributed by atoms with Crippen molar-refractivity contribution in [3.8, 4) is 5.75 Å². The van der Waals surface area contributed by atoms with Crippen molar-refractivity contribution in [2.45, 2.75) is 51.1 Å². The number of carbonyl (C=O) groups excluding carboxylic acids is 1. The largest absolute Gasteiger partial charge is 0.497 e. The van der Waals surface area contributed by atoms with Gasteiger partial charge in [0.2, 0.25) is 5.91 Å². The molecule has 116 valence electrons. The van der Waals surface area contributed by atoms with E-state index >= 15 is 0 Å². The van der Waals surface area contributed by atoms with E-state index in [-0.39, 0.29) is 17.5 Å². The van der Waals surface area contributed by atoms with Gasteiger partial charge in [-0.25, -0.2) is 0 Å². The van der Waals surface area contributed by atoms with Crippen molar-refractivity contribution in [3.05, 3.63) is 29.8 Å². The number of hydrogen-bond acceptors (Lipinski definition) is 3. The van der Waals surface area contributed by atoms with Crippen LogP contribution in [-0.4, -0.2) is 30.0 Å². The van der Waals surface area contributed by atoms with Crippen LogP contribution in [-0.2, 0) is 4.79 Å². The predicted molar refractivity (Wildman–Crippen MR) is 84.2 cm³/mol. The van der Waals surface area contributed by atoms with Crippen molar-refractivity contribution in [1.29, 1.82) is 0 Å². The van der Waals surface area contributed by atoms with Gasteiger partial charge < -0.3 is 15.4 Å². The fourth-order valence-corrected chi connectivity index (χ4v) is 2.81. The summed E-state index contributed by atoms with van der Waals surface area (Å²) >= 11 is 0. The van der Waals surface area contributed by atoms with Crippen molar-refractivity contribution in [3.63, 3.8) is 0 Å². The molecule has 4 heteroatoms. The number of rotatable bonds is 5. The van der Waals surface area contributed by atoms with E-state index in [4.69, 9.17) is 10.5 Å². The van der Waals surface area contributed by atoms with Gasteiger partial charge in [-0.2, -0.15) is 0 Å². The molecule has 1 saturated heterocycles. The molecule has 2 N–H and O–H groups in total. The summed E-state index contributed by atoms with van der Waals surface area (Å²) in [6.07, 6.45) is 3.34. The lowest BCUT2D eigenvalue weighted by Gasteiger charge is -2.27. The minimum atomic E-state index is -0.287. The van der Waals surface area contributed by atoms with E-state index in [0.29, 0.717) is 6.42 Å². The summed E-state index contributed by atoms with van der Waals surface area (Å²) in [5.74, 6) is 1.06. The van der Waals surface area contributed by atoms with Gasteiger partial charge >= 0.3 is 0 Å². The molecule has 21 heavy (non-hydrogen) atoms. The summed E-state index contributed by atoms with van der Waals surface area (Å²) < 4.78 is 5.19. The van der Waals surface area contributed by atoms with E-state index in [0.717, 1.165) is 31.6 Å². The van der Waals surface area contributed by atoms with Crippen LogP contribution in [0.5, 0.6) is 5.75 Å². The van der Waals surface area contributed by atoms with E-state index in [1.54, 1.807) is 7.11 Å². The van der Waals surface area contributed by atoms with Gasteiger partial charge in [0.05, 0.1) is 13.2 Å². The molecule has 1 aromatic carbocycles. The number of nitrogens with two attached hydrogens (primary N) is 1. The highest BCUT2D eigenvalue weighted by Gasteiger charge is 2.30. The molecule has 1 heterocycles. The van der Waals surface area contributed by atoms with Gasteiger partial charge in [0.15, 0.2) is 0 Å². The molecule has 1 aliphatic rings. The first-order chi connectivity index (χ1) is 9.90. The van der Waals surface area contributed by atoms with Gasteiger partial charge in [0.1, 0.15) is 5.75 Å². The van der Waals surface area contributed by atoms with E-state index in [1.165, 1.54) is 5.56 Å². The summed E-state index contributed by atoms with van der Waals surface area (Å²) in [7, 11) is 1.66. The summed E-state index contributed by atoms with van der Waals surface area (Å²) in [6, 6.07) is 8.23. The zero-order chi connectivity index (χ0) is 15.5. The van der Waals surface area contributed by atoms with Gasteiger partial charge in [0.25, 0.3) is 0 Å². The SMILES string of the molecule is COc1ccc(C2CCCN2C(=O)CCC(C)(C)N)cc1. The molecule has 1 atom stereocenters. The second-order valence-electron chi connectivity index (χ2n) is 6.51. The molecule has 0 radical (unpaired) electrons. The Hall–Kier alpha value is -1.55. The second kappa shape index (κ2) is 6.48. The highest BCUT2D eigenvalue weighted by atomic mass is 16.5. The van der Waals surface area contributed by atoms with Crippen LogP contribution in [0.15, 0.2) is 24.3 Å². The smallest absolute Gasteiger partial charge is 0.223 e. The van der Waals surface area contributed by atoms with Gasteiger partial charge in [0, 0.05) is 18.5 Å². The Morgan fingerprint density at radius 2 is 2.05 bits per heavy atom. The lowest BCUT2D eigenvalue weighted by atomic mass is 9.99. The third-order valence-corrected chi connectivity index (χ3v) is 4.06. The van der Waals surface area contributed by atoms with Crippen molar-refractivity contribution in [1.82, 2.24) is 4.90 Å². The Morgan fingerprint density at radius 1 is 1.38 bits per heavy atom. The molecule has 0 spiro atoms. The van der Waals surface area contributed by atoms with Gasteiger partial charge in [-0.1, -0.05) is 12.1 Å². The number of likely N-dealkylation sites (tertiary alicyclic amines) is 1. The topological polar surface area (TPSA) is 55.6 Å². The van der Waals surface area contributed by atoms with Crippen LogP contribution >= 0.6 is 0 Å². The minimum Gasteiger partial charge on any atom is -0.497 e. The molecular weight excluding hydrogens is 264 g/mol. The van der Waals surface area contributed by atoms with Crippen LogP contribution in [0.1, 0.15) is 51.1 Å². The second-order valence-corrected chi connectivity index (χ2v) is 6.51. The quantitative estimate of drug-likeness (QED) is 0.907. The third kappa shape index (κ3) is 4.21. The van der Waals surface area contributed by atoms with Crippen molar-refractivity contribution in [2.24, 2.45) is 5.73 Å². The van der Waals surface area contributed by atoms with E-state index < -0.39 is 0 Å². The Morgan fingerprint density at radius 3 is 2.62 bits per heavy atom. The Labute approximate surface area is 127 Å². The number of carbonyl (C=O) groups is 1. The van der Waals surface area contributed by atoms with Crippen molar-refractivity contribution in [2.75, 3.05) is 13.7 Å². The number of benzene rings is 1. The van der Waals surface area contributed by atoms with E-state index in [9.17, 15) is 4.79 Å². The van der Waals surface area contributed by atoms with Crippen LogP contribution in [0.2, 0.25) is 0 Å². The molecular formula is C17H26N2O2. The Balaban J connectivity index is 2.03. The fraction of sp³-hybridized carbons (Fsp3) is 0.588. The Kier molecular flexibility index (Phi) is 4.88. The first-order valence-electron chi connectivity index (χ1n) is 7.63. The molecule has 1 fully saturated rings. The van der Waals surface area contributed by atoms with Crippen LogP contribution in [0.3, 0.4) is 0 Å². The molecule has 0 saturated carbocycles. The monoisotopic (exact) mass is 290 g/mol. The molecule has 1 amide bonds. The van der Waals surface area contributed by atoms with Crippen LogP contribution in [0.4, 0.5) is 0 Å². The maximum atomic E-state index is 12.4. The Bertz CT molecular complexity index is 477. The molecule has 4 nitrogen and oxygen atoms in total. The fourth-order valence-electron chi connectivity index (χ4n) is 2.81. The lowest BCUT2D eigenvalue weighted by molar-refractivity contribution is -0.132. The normalized spacial score (nSPS) is 18.9. The zero-order valence-corrected chi connectivity index (χ0v) is 13.3. The zero-order valence-electron chi connectivity index (χ0n) is 13.3. The first kappa shape index (κ1) is 15.8. The van der Waals surface area contributed by atoms with Crippen LogP contribution in [0, 0.1) is 0 Å². The molecule has 0 aromatic heterocycles. The maximum Gasteiger partial charge on any atom is 0.223 e. The van der Waals surface area contributed by atoms with E-state index in [1.807, 2.05) is 30.9 Å². The summed E-state index contributed by atoms with van der Waals surface area (Å²) in [4.78, 5) is 14.5. The summed E-state index contributed by atoms with van der Waals surface area (Å²) in [5.41, 5.74) is 6.88. The van der Waals surface area contributed by atoms with E-state index in [2.05, 4.69) is 12.1 Å². The summed E-state index contributed by atoms with van der Waals surface area (Å²) in [5, 5.41) is 0. The number of amides is 1. The predicted octanol–water partition coefficient (Wildman–Crippen LogP) is 2.88. The first-order valence-corrected chi connectivity index (χ1v) is 7.63. The van der Waals surface area contributed by atoms with Crippen molar-refractivity contribution >= 4 is 5.91 Å². The maximum absolute atomic E-state index is 12.4. The number of ether oxygens (including phenoxy) is 1. The van der Waals surface area contributed by atoms with Crippen molar-refractivity contribution < 1.29 is 9.53 Å². The molecule has 1 aliphatic heterocycles. The van der Waals surface area contributed by atoms with Gasteiger partial charge in [-0.05, 0) is 50.8 Å². The summed E-state index contributed by atoms with van der Waals surface area (Å²) in [6.45, 7) is 4.77. The molecule has 0 aliphatic carbocycles. The number of nitrogens with zero attached hydrogens (tertiary/aromatic N) is 1. The standard InChI is InChI=1S/C17H26N2O2/c1-17(2,18)11-10-16(20)19-12-4-5-15(19)13-6-8-14(21-3)9-7-13/h6-9,15H,4-5,10-12,18H2,1-3H3. The average molecular weight is 290 g/mol. The molecule has 2 rings (SSSR count).